The molecule has 7 atom stereocenters. The molecule has 4 fully saturated rings. The van der Waals surface area contributed by atoms with Crippen molar-refractivity contribution in [3.8, 4) is 0 Å². The highest BCUT2D eigenvalue weighted by molar-refractivity contribution is 5.91. The Kier molecular flexibility index (Phi) is 5.29. The predicted octanol–water partition coefficient (Wildman–Crippen LogP) is 2.82. The van der Waals surface area contributed by atoms with Gasteiger partial charge in [-0.25, -0.2) is 9.48 Å². The fraction of sp³-hybridized carbons (Fsp3) is 0.704. The first-order valence-corrected chi connectivity index (χ1v) is 13.4. The van der Waals surface area contributed by atoms with Gasteiger partial charge in [0.05, 0.1) is 12.7 Å². The summed E-state index contributed by atoms with van der Waals surface area (Å²) in [5.74, 6) is 2.59. The number of ketones is 2. The summed E-state index contributed by atoms with van der Waals surface area (Å²) in [5, 5.41) is 8.57. The number of fused-ring (bicyclic) bond motifs is 5. The Bertz CT molecular complexity index is 1360. The molecule has 2 heterocycles. The average Bonchev–Trinajstić information content (AvgIpc) is 3.40. The number of carbonyl (C=O) groups is 2. The lowest BCUT2D eigenvalue weighted by molar-refractivity contribution is -0.144. The number of aromatic amines is 1. The molecule has 6 rings (SSSR count). The van der Waals surface area contributed by atoms with Crippen molar-refractivity contribution in [3.63, 3.8) is 0 Å². The minimum Gasteiger partial charge on any atom is -0.300 e. The number of hydrogen-bond acceptors (Lipinski definition) is 6. The Labute approximate surface area is 209 Å². The third-order valence-electron chi connectivity index (χ3n) is 10.6. The molecule has 36 heavy (non-hydrogen) atoms. The molecule has 0 saturated heterocycles. The Morgan fingerprint density at radius 1 is 1.06 bits per heavy atom. The summed E-state index contributed by atoms with van der Waals surface area (Å²) in [6.45, 7) is 6.41. The van der Waals surface area contributed by atoms with Crippen molar-refractivity contribution in [3.05, 3.63) is 44.5 Å². The predicted molar refractivity (Wildman–Crippen MR) is 131 cm³/mol. The Morgan fingerprint density at radius 3 is 2.67 bits per heavy atom. The van der Waals surface area contributed by atoms with E-state index in [-0.39, 0.29) is 29.2 Å². The SMILES string of the molecule is Cc1cn(Cc2cn([C@H]3C[C@H]4[C@@H]5CC[C@H]6CC(=O)CC[C@]6(C)[C@H]5CC[C@]4(C)C3=O)nn2)c(=O)[nH]c1=O. The molecule has 0 bridgehead atoms. The van der Waals surface area contributed by atoms with Crippen LogP contribution in [0.3, 0.4) is 0 Å². The first-order chi connectivity index (χ1) is 17.1. The molecular weight excluding hydrogens is 458 g/mol. The van der Waals surface area contributed by atoms with E-state index >= 15 is 0 Å². The molecule has 192 valence electrons. The lowest BCUT2D eigenvalue weighted by Crippen LogP contribution is -2.53. The Morgan fingerprint density at radius 2 is 1.86 bits per heavy atom. The molecule has 9 nitrogen and oxygen atoms in total. The summed E-state index contributed by atoms with van der Waals surface area (Å²) < 4.78 is 3.10. The van der Waals surface area contributed by atoms with Gasteiger partial charge in [0.15, 0.2) is 5.78 Å². The van der Waals surface area contributed by atoms with Gasteiger partial charge >= 0.3 is 5.69 Å². The van der Waals surface area contributed by atoms with Crippen molar-refractivity contribution < 1.29 is 9.59 Å². The molecule has 0 amide bonds. The van der Waals surface area contributed by atoms with Crippen LogP contribution in [0, 0.1) is 41.4 Å². The second kappa shape index (κ2) is 8.08. The van der Waals surface area contributed by atoms with Crippen LogP contribution in [0.5, 0.6) is 0 Å². The molecular formula is C27H35N5O4. The molecule has 4 aliphatic rings. The van der Waals surface area contributed by atoms with Gasteiger partial charge in [-0.15, -0.1) is 5.10 Å². The van der Waals surface area contributed by atoms with Crippen molar-refractivity contribution in [2.24, 2.45) is 34.5 Å². The quantitative estimate of drug-likeness (QED) is 0.702. The van der Waals surface area contributed by atoms with Gasteiger partial charge in [0, 0.05) is 30.0 Å². The fourth-order valence-corrected chi connectivity index (χ4v) is 8.51. The smallest absolute Gasteiger partial charge is 0.300 e. The van der Waals surface area contributed by atoms with E-state index in [4.69, 9.17) is 0 Å². The molecule has 0 aliphatic heterocycles. The summed E-state index contributed by atoms with van der Waals surface area (Å²) in [5.41, 5.74) is 0.00305. The van der Waals surface area contributed by atoms with Crippen molar-refractivity contribution in [1.29, 1.82) is 0 Å². The maximum atomic E-state index is 13.8. The van der Waals surface area contributed by atoms with Crippen molar-refractivity contribution in [2.45, 2.75) is 84.7 Å². The molecule has 4 saturated carbocycles. The molecule has 0 aromatic carbocycles. The molecule has 2 aromatic heterocycles. The minimum atomic E-state index is -0.491. The highest BCUT2D eigenvalue weighted by atomic mass is 16.2. The van der Waals surface area contributed by atoms with E-state index in [9.17, 15) is 19.2 Å². The lowest BCUT2D eigenvalue weighted by atomic mass is 9.45. The number of H-pyrrole nitrogens is 1. The number of hydrogen-bond donors (Lipinski definition) is 1. The van der Waals surface area contributed by atoms with Gasteiger partial charge in [0.1, 0.15) is 17.5 Å². The fourth-order valence-electron chi connectivity index (χ4n) is 8.51. The average molecular weight is 494 g/mol. The van der Waals surface area contributed by atoms with E-state index in [1.807, 2.05) is 0 Å². The number of Topliss-reactive ketones (excluding diaryl/α,β-unsaturated/α-hetero) is 2. The summed E-state index contributed by atoms with van der Waals surface area (Å²) >= 11 is 0. The van der Waals surface area contributed by atoms with Crippen LogP contribution >= 0.6 is 0 Å². The number of rotatable bonds is 3. The molecule has 4 aliphatic carbocycles. The summed E-state index contributed by atoms with van der Waals surface area (Å²) in [7, 11) is 0. The molecule has 1 N–H and O–H groups in total. The highest BCUT2D eigenvalue weighted by Crippen LogP contribution is 2.66. The summed E-state index contributed by atoms with van der Waals surface area (Å²) in [4.78, 5) is 52.2. The van der Waals surface area contributed by atoms with Crippen molar-refractivity contribution in [1.82, 2.24) is 24.5 Å². The number of nitrogens with one attached hydrogen (secondary N) is 1. The normalized spacial score (nSPS) is 37.9. The second-order valence-corrected chi connectivity index (χ2v) is 12.4. The molecule has 0 radical (unpaired) electrons. The van der Waals surface area contributed by atoms with Gasteiger partial charge in [-0.1, -0.05) is 19.1 Å². The van der Waals surface area contributed by atoms with Gasteiger partial charge in [-0.05, 0) is 74.5 Å². The van der Waals surface area contributed by atoms with Crippen LogP contribution in [-0.4, -0.2) is 36.1 Å². The van der Waals surface area contributed by atoms with E-state index in [0.29, 0.717) is 47.1 Å². The summed E-state index contributed by atoms with van der Waals surface area (Å²) in [6.07, 6.45) is 10.7. The number of nitrogens with zero attached hydrogens (tertiary/aromatic N) is 4. The van der Waals surface area contributed by atoms with Crippen LogP contribution in [0.2, 0.25) is 0 Å². The van der Waals surface area contributed by atoms with Gasteiger partial charge in [-0.2, -0.15) is 0 Å². The van der Waals surface area contributed by atoms with Crippen LogP contribution in [0.1, 0.15) is 82.5 Å². The van der Waals surface area contributed by atoms with Crippen LogP contribution in [0.25, 0.3) is 0 Å². The van der Waals surface area contributed by atoms with E-state index in [2.05, 4.69) is 29.1 Å². The van der Waals surface area contributed by atoms with Gasteiger partial charge in [0.2, 0.25) is 0 Å². The number of aromatic nitrogens is 5. The third-order valence-corrected chi connectivity index (χ3v) is 10.6. The molecule has 0 unspecified atom stereocenters. The van der Waals surface area contributed by atoms with E-state index < -0.39 is 11.2 Å². The maximum Gasteiger partial charge on any atom is 0.328 e. The van der Waals surface area contributed by atoms with Crippen LogP contribution in [0.4, 0.5) is 0 Å². The number of carbonyl (C=O) groups excluding carboxylic acids is 2. The van der Waals surface area contributed by atoms with E-state index in [1.165, 1.54) is 10.8 Å². The largest absolute Gasteiger partial charge is 0.328 e. The monoisotopic (exact) mass is 493 g/mol. The lowest BCUT2D eigenvalue weighted by Gasteiger charge is -2.59. The first kappa shape index (κ1) is 23.6. The van der Waals surface area contributed by atoms with Crippen LogP contribution in [0.15, 0.2) is 22.0 Å². The Balaban J connectivity index is 1.24. The highest BCUT2D eigenvalue weighted by Gasteiger charge is 2.62. The summed E-state index contributed by atoms with van der Waals surface area (Å²) in [6, 6.07) is -0.340. The minimum absolute atomic E-state index is 0.182. The maximum absolute atomic E-state index is 13.8. The van der Waals surface area contributed by atoms with Crippen molar-refractivity contribution in [2.75, 3.05) is 0 Å². The zero-order valence-electron chi connectivity index (χ0n) is 21.3. The van der Waals surface area contributed by atoms with E-state index in [1.54, 1.807) is 17.8 Å². The molecule has 2 aromatic rings. The molecule has 0 spiro atoms. The third kappa shape index (κ3) is 3.41. The number of aryl methyl sites for hydroxylation is 1. The first-order valence-electron chi connectivity index (χ1n) is 13.4. The zero-order chi connectivity index (χ0) is 25.4. The van der Waals surface area contributed by atoms with Gasteiger partial charge in [0.25, 0.3) is 5.56 Å². The van der Waals surface area contributed by atoms with Gasteiger partial charge in [-0.3, -0.25) is 23.9 Å². The van der Waals surface area contributed by atoms with Crippen molar-refractivity contribution >= 4 is 11.6 Å². The van der Waals surface area contributed by atoms with E-state index in [0.717, 1.165) is 44.9 Å². The van der Waals surface area contributed by atoms with Crippen LogP contribution < -0.4 is 11.2 Å². The second-order valence-electron chi connectivity index (χ2n) is 12.4. The standard InChI is InChI=1S/C27H35N5O4/c1-15-12-31(25(36)28-24(15)35)13-17-14-32(30-29-17)22-11-21-19-5-4-16-10-18(33)6-8-26(16,2)20(19)7-9-27(21,3)23(22)34/h12,14,16,19-22H,4-11,13H2,1-3H3,(H,28,35,36)/t16-,19+,20-,21-,22-,26-,27-/m0/s1. The van der Waals surface area contributed by atoms with Gasteiger partial charge < -0.3 is 0 Å². The zero-order valence-corrected chi connectivity index (χ0v) is 21.3. The Hall–Kier alpha value is -2.84. The molecule has 9 heteroatoms. The topological polar surface area (TPSA) is 120 Å². The van der Waals surface area contributed by atoms with Crippen LogP contribution in [-0.2, 0) is 16.1 Å².